The fourth-order valence-electron chi connectivity index (χ4n) is 2.01. The Bertz CT molecular complexity index is 892. The summed E-state index contributed by atoms with van der Waals surface area (Å²) in [6.07, 6.45) is 0. The first-order chi connectivity index (χ1) is 12.0. The first kappa shape index (κ1) is 20.2. The van der Waals surface area contributed by atoms with E-state index in [0.29, 0.717) is 0 Å². The number of nitro groups is 2. The van der Waals surface area contributed by atoms with Gasteiger partial charge in [-0.05, 0) is 32.0 Å². The molecule has 136 valence electrons. The van der Waals surface area contributed by atoms with Crippen LogP contribution in [0.25, 0.3) is 0 Å². The van der Waals surface area contributed by atoms with E-state index in [-0.39, 0.29) is 16.2 Å². The van der Waals surface area contributed by atoms with Gasteiger partial charge in [0.15, 0.2) is 0 Å². The van der Waals surface area contributed by atoms with Crippen molar-refractivity contribution in [1.82, 2.24) is 0 Å². The van der Waals surface area contributed by atoms with E-state index in [2.05, 4.69) is 0 Å². The molecule has 0 heterocycles. The average molecular weight is 362 g/mol. The second kappa shape index (κ2) is 8.33. The van der Waals surface area contributed by atoms with Crippen LogP contribution in [-0.4, -0.2) is 32.0 Å². The lowest BCUT2D eigenvalue weighted by molar-refractivity contribution is -0.385. The SMILES string of the molecule is Cc1ccc([N+](=O)[O-])c(C)c1.O=C(O)c1ccc([N+](=O)[O-])c(C(=O)O)c1. The maximum Gasteiger partial charge on any atom is 0.342 e. The van der Waals surface area contributed by atoms with Gasteiger partial charge in [0.2, 0.25) is 0 Å². The highest BCUT2D eigenvalue weighted by molar-refractivity contribution is 5.96. The molecule has 10 heteroatoms. The Kier molecular flexibility index (Phi) is 6.48. The minimum Gasteiger partial charge on any atom is -0.478 e. The van der Waals surface area contributed by atoms with Gasteiger partial charge in [0, 0.05) is 17.7 Å². The van der Waals surface area contributed by atoms with Crippen LogP contribution < -0.4 is 0 Å². The van der Waals surface area contributed by atoms with Crippen LogP contribution in [0, 0.1) is 34.1 Å². The van der Waals surface area contributed by atoms with Crippen molar-refractivity contribution in [2.24, 2.45) is 0 Å². The molecule has 0 saturated carbocycles. The summed E-state index contributed by atoms with van der Waals surface area (Å²) in [4.78, 5) is 40.6. The highest BCUT2D eigenvalue weighted by Gasteiger charge is 2.21. The number of aryl methyl sites for hydroxylation is 2. The van der Waals surface area contributed by atoms with E-state index in [1.54, 1.807) is 19.1 Å². The molecule has 26 heavy (non-hydrogen) atoms. The molecule has 10 nitrogen and oxygen atoms in total. The zero-order chi connectivity index (χ0) is 20.0. The van der Waals surface area contributed by atoms with Gasteiger partial charge < -0.3 is 10.2 Å². The lowest BCUT2D eigenvalue weighted by atomic mass is 10.1. The number of hydrogen-bond acceptors (Lipinski definition) is 6. The van der Waals surface area contributed by atoms with Crippen molar-refractivity contribution in [3.63, 3.8) is 0 Å². The Morgan fingerprint density at radius 2 is 1.38 bits per heavy atom. The summed E-state index contributed by atoms with van der Waals surface area (Å²) < 4.78 is 0. The second-order valence-corrected chi connectivity index (χ2v) is 5.15. The van der Waals surface area contributed by atoms with Crippen molar-refractivity contribution in [3.8, 4) is 0 Å². The minimum absolute atomic E-state index is 0.190. The molecule has 0 atom stereocenters. The van der Waals surface area contributed by atoms with Crippen molar-refractivity contribution in [2.75, 3.05) is 0 Å². The van der Waals surface area contributed by atoms with Gasteiger partial charge in [-0.1, -0.05) is 11.6 Å². The molecule has 0 spiro atoms. The lowest BCUT2D eigenvalue weighted by Gasteiger charge is -1.99. The largest absolute Gasteiger partial charge is 0.478 e. The third kappa shape index (κ3) is 5.09. The quantitative estimate of drug-likeness (QED) is 0.619. The van der Waals surface area contributed by atoms with Gasteiger partial charge in [-0.3, -0.25) is 20.2 Å². The van der Waals surface area contributed by atoms with Crippen LogP contribution in [-0.2, 0) is 0 Å². The molecule has 0 fully saturated rings. The number of nitro benzene ring substituents is 2. The zero-order valence-corrected chi connectivity index (χ0v) is 13.7. The highest BCUT2D eigenvalue weighted by atomic mass is 16.6. The van der Waals surface area contributed by atoms with Gasteiger partial charge in [0.05, 0.1) is 15.4 Å². The average Bonchev–Trinajstić information content (AvgIpc) is 2.54. The van der Waals surface area contributed by atoms with Crippen molar-refractivity contribution in [3.05, 3.63) is 78.9 Å². The van der Waals surface area contributed by atoms with Gasteiger partial charge >= 0.3 is 11.9 Å². The van der Waals surface area contributed by atoms with Crippen LogP contribution in [0.5, 0.6) is 0 Å². The van der Waals surface area contributed by atoms with Crippen LogP contribution in [0.4, 0.5) is 11.4 Å². The molecule has 0 amide bonds. The molecular weight excluding hydrogens is 348 g/mol. The van der Waals surface area contributed by atoms with Crippen LogP contribution >= 0.6 is 0 Å². The number of carboxylic acids is 2. The highest BCUT2D eigenvalue weighted by Crippen LogP contribution is 2.20. The smallest absolute Gasteiger partial charge is 0.342 e. The van der Waals surface area contributed by atoms with Gasteiger partial charge in [-0.2, -0.15) is 0 Å². The van der Waals surface area contributed by atoms with E-state index >= 15 is 0 Å². The van der Waals surface area contributed by atoms with E-state index in [9.17, 15) is 29.8 Å². The van der Waals surface area contributed by atoms with Crippen LogP contribution in [0.15, 0.2) is 36.4 Å². The molecule has 2 aromatic carbocycles. The number of carbonyl (C=O) groups is 2. The van der Waals surface area contributed by atoms with Crippen molar-refractivity contribution < 1.29 is 29.6 Å². The number of nitrogens with zero attached hydrogens (tertiary/aromatic N) is 2. The van der Waals surface area contributed by atoms with E-state index in [1.165, 1.54) is 6.07 Å². The maximum absolute atomic E-state index is 10.6. The van der Waals surface area contributed by atoms with Crippen molar-refractivity contribution in [2.45, 2.75) is 13.8 Å². The molecule has 0 aliphatic carbocycles. The van der Waals surface area contributed by atoms with Gasteiger partial charge in [0.1, 0.15) is 5.56 Å². The van der Waals surface area contributed by atoms with Gasteiger partial charge in [-0.25, -0.2) is 9.59 Å². The van der Waals surface area contributed by atoms with E-state index in [1.807, 2.05) is 6.92 Å². The molecule has 2 aromatic rings. The Morgan fingerprint density at radius 1 is 0.846 bits per heavy atom. The molecule has 0 radical (unpaired) electrons. The normalized spacial score (nSPS) is 9.62. The minimum atomic E-state index is -1.54. The second-order valence-electron chi connectivity index (χ2n) is 5.15. The topological polar surface area (TPSA) is 161 Å². The summed E-state index contributed by atoms with van der Waals surface area (Å²) in [6.45, 7) is 3.65. The van der Waals surface area contributed by atoms with Crippen molar-refractivity contribution >= 4 is 23.3 Å². The molecule has 0 unspecified atom stereocenters. The van der Waals surface area contributed by atoms with E-state index in [4.69, 9.17) is 10.2 Å². The summed E-state index contributed by atoms with van der Waals surface area (Å²) >= 11 is 0. The number of rotatable bonds is 4. The van der Waals surface area contributed by atoms with Crippen LogP contribution in [0.3, 0.4) is 0 Å². The summed E-state index contributed by atoms with van der Waals surface area (Å²) in [6, 6.07) is 7.66. The Hall–Kier alpha value is -3.82. The number of benzene rings is 2. The number of carboxylic acid groups (broad SMARTS) is 2. The fourth-order valence-corrected chi connectivity index (χ4v) is 2.01. The summed E-state index contributed by atoms with van der Waals surface area (Å²) in [5.41, 5.74) is 0.379. The molecule has 0 aliphatic rings. The molecule has 0 bridgehead atoms. The summed E-state index contributed by atoms with van der Waals surface area (Å²) in [7, 11) is 0. The molecule has 0 saturated heterocycles. The summed E-state index contributed by atoms with van der Waals surface area (Å²) in [5, 5.41) is 37.9. The Balaban J connectivity index is 0.000000273. The predicted molar refractivity (Wildman–Crippen MR) is 89.6 cm³/mol. The molecule has 2 rings (SSSR count). The maximum atomic E-state index is 10.6. The van der Waals surface area contributed by atoms with E-state index < -0.39 is 28.1 Å². The monoisotopic (exact) mass is 362 g/mol. The number of hydrogen-bond donors (Lipinski definition) is 2. The van der Waals surface area contributed by atoms with Crippen molar-refractivity contribution in [1.29, 1.82) is 0 Å². The third-order valence-corrected chi connectivity index (χ3v) is 3.22. The first-order valence-corrected chi connectivity index (χ1v) is 7.01. The van der Waals surface area contributed by atoms with Gasteiger partial charge in [-0.15, -0.1) is 0 Å². The van der Waals surface area contributed by atoms with Crippen LogP contribution in [0.1, 0.15) is 31.8 Å². The third-order valence-electron chi connectivity index (χ3n) is 3.22. The summed E-state index contributed by atoms with van der Waals surface area (Å²) in [5.74, 6) is -2.88. The Labute approximate surface area is 146 Å². The fraction of sp³-hybridized carbons (Fsp3) is 0.125. The molecule has 0 aromatic heterocycles. The first-order valence-electron chi connectivity index (χ1n) is 7.01. The standard InChI is InChI=1S/C8H5NO6.C8H9NO2/c10-7(11)4-1-2-6(9(14)15)5(3-4)8(12)13;1-6-3-4-8(9(10)11)7(2)5-6/h1-3H,(H,10,11)(H,12,13);3-5H,1-2H3. The molecular formula is C16H14N2O8. The zero-order valence-electron chi connectivity index (χ0n) is 13.7. The predicted octanol–water partition coefficient (Wildman–Crippen LogP) is 3.20. The Morgan fingerprint density at radius 3 is 1.81 bits per heavy atom. The lowest BCUT2D eigenvalue weighted by Crippen LogP contribution is -2.05. The van der Waals surface area contributed by atoms with Crippen LogP contribution in [0.2, 0.25) is 0 Å². The van der Waals surface area contributed by atoms with E-state index in [0.717, 1.165) is 29.3 Å². The van der Waals surface area contributed by atoms with Gasteiger partial charge in [0.25, 0.3) is 11.4 Å². The molecule has 2 N–H and O–H groups in total. The molecule has 0 aliphatic heterocycles. The number of aromatic carboxylic acids is 2.